The van der Waals surface area contributed by atoms with Gasteiger partial charge in [-0.25, -0.2) is 4.98 Å². The Labute approximate surface area is 159 Å². The molecule has 1 atom stereocenters. The Morgan fingerprint density at radius 2 is 2.11 bits per heavy atom. The van der Waals surface area contributed by atoms with Crippen LogP contribution >= 0.6 is 0 Å². The molecular formula is C21H28N4O2. The summed E-state index contributed by atoms with van der Waals surface area (Å²) in [5.74, 6) is 1.93. The number of rotatable bonds is 5. The number of hydrogen-bond donors (Lipinski definition) is 2. The molecule has 4 rings (SSSR count). The number of likely N-dealkylation sites (tertiary alicyclic amines) is 1. The molecule has 144 valence electrons. The molecule has 3 aromatic rings. The first-order chi connectivity index (χ1) is 13.1. The summed E-state index contributed by atoms with van der Waals surface area (Å²) in [6, 6.07) is 6.17. The molecule has 1 fully saturated rings. The Balaban J connectivity index is 1.41. The number of aryl methyl sites for hydroxylation is 2. The average molecular weight is 368 g/mol. The molecule has 3 heterocycles. The number of piperidine rings is 1. The number of ether oxygens (including phenoxy) is 1. The van der Waals surface area contributed by atoms with Gasteiger partial charge in [-0.05, 0) is 62.5 Å². The van der Waals surface area contributed by atoms with Gasteiger partial charge in [0, 0.05) is 42.6 Å². The number of hydrogen-bond acceptors (Lipinski definition) is 4. The second kappa shape index (κ2) is 7.37. The van der Waals surface area contributed by atoms with E-state index in [-0.39, 0.29) is 5.92 Å². The van der Waals surface area contributed by atoms with Gasteiger partial charge in [0.05, 0.1) is 7.11 Å². The van der Waals surface area contributed by atoms with Gasteiger partial charge in [-0.15, -0.1) is 0 Å². The first-order valence-corrected chi connectivity index (χ1v) is 9.59. The molecule has 6 heteroatoms. The predicted octanol–water partition coefficient (Wildman–Crippen LogP) is 3.16. The van der Waals surface area contributed by atoms with Gasteiger partial charge in [0.1, 0.15) is 17.7 Å². The molecule has 0 radical (unpaired) electrons. The number of benzene rings is 1. The minimum atomic E-state index is -0.477. The standard InChI is InChI=1S/C21H28N4O2/c1-14-17-12-16(27-3)4-5-18(17)23-19(14)13-25-9-6-15(7-10-25)20(26)21-22-8-11-24(21)2/h4-5,8,11-12,15,20,23,26H,6-7,9-10,13H2,1-3H3/t20-/m0/s1. The fourth-order valence-electron chi connectivity index (χ4n) is 4.17. The van der Waals surface area contributed by atoms with Crippen molar-refractivity contribution in [1.82, 2.24) is 19.4 Å². The molecule has 1 aliphatic heterocycles. The number of methoxy groups -OCH3 is 1. The van der Waals surface area contributed by atoms with Crippen LogP contribution in [0.5, 0.6) is 5.75 Å². The Hall–Kier alpha value is -2.31. The van der Waals surface area contributed by atoms with Gasteiger partial charge in [-0.2, -0.15) is 0 Å². The van der Waals surface area contributed by atoms with Crippen LogP contribution in [0.2, 0.25) is 0 Å². The first-order valence-electron chi connectivity index (χ1n) is 9.59. The lowest BCUT2D eigenvalue weighted by Crippen LogP contribution is -2.35. The summed E-state index contributed by atoms with van der Waals surface area (Å²) in [4.78, 5) is 10.3. The van der Waals surface area contributed by atoms with Gasteiger partial charge in [-0.3, -0.25) is 4.90 Å². The van der Waals surface area contributed by atoms with Crippen LogP contribution in [-0.2, 0) is 13.6 Å². The number of fused-ring (bicyclic) bond motifs is 1. The van der Waals surface area contributed by atoms with E-state index < -0.39 is 6.10 Å². The molecule has 6 nitrogen and oxygen atoms in total. The van der Waals surface area contributed by atoms with E-state index in [9.17, 15) is 5.11 Å². The number of aliphatic hydroxyl groups is 1. The van der Waals surface area contributed by atoms with E-state index in [1.54, 1.807) is 13.3 Å². The molecule has 0 saturated carbocycles. The quantitative estimate of drug-likeness (QED) is 0.726. The average Bonchev–Trinajstić information content (AvgIpc) is 3.25. The number of nitrogens with one attached hydrogen (secondary N) is 1. The largest absolute Gasteiger partial charge is 0.497 e. The van der Waals surface area contributed by atoms with E-state index in [0.29, 0.717) is 0 Å². The van der Waals surface area contributed by atoms with E-state index in [0.717, 1.165) is 49.6 Å². The maximum atomic E-state index is 10.7. The van der Waals surface area contributed by atoms with Crippen LogP contribution in [-0.4, -0.2) is 44.7 Å². The van der Waals surface area contributed by atoms with Crippen molar-refractivity contribution in [3.63, 3.8) is 0 Å². The molecule has 0 spiro atoms. The van der Waals surface area contributed by atoms with E-state index in [1.807, 2.05) is 23.9 Å². The van der Waals surface area contributed by atoms with Crippen LogP contribution in [0.3, 0.4) is 0 Å². The van der Waals surface area contributed by atoms with E-state index >= 15 is 0 Å². The monoisotopic (exact) mass is 368 g/mol. The number of aromatic nitrogens is 3. The van der Waals surface area contributed by atoms with Crippen molar-refractivity contribution in [2.24, 2.45) is 13.0 Å². The Bertz CT molecular complexity index is 922. The molecule has 0 aliphatic carbocycles. The van der Waals surface area contributed by atoms with Gasteiger partial charge in [0.15, 0.2) is 0 Å². The molecule has 1 aromatic carbocycles. The maximum Gasteiger partial charge on any atom is 0.137 e. The predicted molar refractivity (Wildman–Crippen MR) is 106 cm³/mol. The summed E-state index contributed by atoms with van der Waals surface area (Å²) in [6.45, 7) is 5.06. The molecular weight excluding hydrogens is 340 g/mol. The number of imidazole rings is 1. The zero-order valence-electron chi connectivity index (χ0n) is 16.3. The number of nitrogens with zero attached hydrogens (tertiary/aromatic N) is 3. The van der Waals surface area contributed by atoms with Crippen LogP contribution in [0.25, 0.3) is 10.9 Å². The molecule has 0 amide bonds. The van der Waals surface area contributed by atoms with Crippen LogP contribution in [0.15, 0.2) is 30.6 Å². The summed E-state index contributed by atoms with van der Waals surface area (Å²) >= 11 is 0. The molecule has 1 saturated heterocycles. The van der Waals surface area contributed by atoms with Crippen molar-refractivity contribution in [3.05, 3.63) is 47.7 Å². The third-order valence-corrected chi connectivity index (χ3v) is 5.95. The van der Waals surface area contributed by atoms with Crippen molar-refractivity contribution in [2.75, 3.05) is 20.2 Å². The van der Waals surface area contributed by atoms with Crippen LogP contribution in [0.1, 0.15) is 36.0 Å². The molecule has 0 unspecified atom stereocenters. The Morgan fingerprint density at radius 3 is 2.78 bits per heavy atom. The number of aliphatic hydroxyl groups excluding tert-OH is 1. The molecule has 27 heavy (non-hydrogen) atoms. The second-order valence-electron chi connectivity index (χ2n) is 7.59. The summed E-state index contributed by atoms with van der Waals surface area (Å²) in [7, 11) is 3.64. The highest BCUT2D eigenvalue weighted by molar-refractivity contribution is 5.85. The highest BCUT2D eigenvalue weighted by Gasteiger charge is 2.28. The maximum absolute atomic E-state index is 10.7. The Morgan fingerprint density at radius 1 is 1.33 bits per heavy atom. The number of H-pyrrole nitrogens is 1. The van der Waals surface area contributed by atoms with E-state index in [2.05, 4.69) is 33.9 Å². The van der Waals surface area contributed by atoms with Gasteiger partial charge in [0.25, 0.3) is 0 Å². The lowest BCUT2D eigenvalue weighted by molar-refractivity contribution is 0.0489. The first kappa shape index (κ1) is 18.1. The summed E-state index contributed by atoms with van der Waals surface area (Å²) < 4.78 is 7.27. The van der Waals surface area contributed by atoms with Crippen molar-refractivity contribution in [2.45, 2.75) is 32.4 Å². The highest BCUT2D eigenvalue weighted by Crippen LogP contribution is 2.31. The van der Waals surface area contributed by atoms with Crippen LogP contribution in [0, 0.1) is 12.8 Å². The van der Waals surface area contributed by atoms with Gasteiger partial charge in [-0.1, -0.05) is 0 Å². The van der Waals surface area contributed by atoms with Gasteiger partial charge < -0.3 is 19.4 Å². The van der Waals surface area contributed by atoms with Crippen molar-refractivity contribution in [1.29, 1.82) is 0 Å². The molecule has 2 aromatic heterocycles. The van der Waals surface area contributed by atoms with Crippen molar-refractivity contribution >= 4 is 10.9 Å². The minimum Gasteiger partial charge on any atom is -0.497 e. The van der Waals surface area contributed by atoms with Crippen molar-refractivity contribution in [3.8, 4) is 5.75 Å². The number of aromatic amines is 1. The fourth-order valence-corrected chi connectivity index (χ4v) is 4.17. The third kappa shape index (κ3) is 3.47. The fraction of sp³-hybridized carbons (Fsp3) is 0.476. The van der Waals surface area contributed by atoms with Crippen LogP contribution < -0.4 is 4.74 Å². The topological polar surface area (TPSA) is 66.3 Å². The van der Waals surface area contributed by atoms with Crippen molar-refractivity contribution < 1.29 is 9.84 Å². The molecule has 1 aliphatic rings. The molecule has 2 N–H and O–H groups in total. The Kier molecular flexibility index (Phi) is 4.93. The lowest BCUT2D eigenvalue weighted by Gasteiger charge is -2.33. The summed E-state index contributed by atoms with van der Waals surface area (Å²) in [5, 5.41) is 11.9. The van der Waals surface area contributed by atoms with Crippen LogP contribution in [0.4, 0.5) is 0 Å². The minimum absolute atomic E-state index is 0.274. The SMILES string of the molecule is COc1ccc2[nH]c(CN3CCC([C@H](O)c4nccn4C)CC3)c(C)c2c1. The summed E-state index contributed by atoms with van der Waals surface area (Å²) in [6.07, 6.45) is 5.14. The summed E-state index contributed by atoms with van der Waals surface area (Å²) in [5.41, 5.74) is 3.71. The van der Waals surface area contributed by atoms with E-state index in [4.69, 9.17) is 4.74 Å². The van der Waals surface area contributed by atoms with E-state index in [1.165, 1.54) is 16.6 Å². The molecule has 0 bridgehead atoms. The normalized spacial score (nSPS) is 17.5. The highest BCUT2D eigenvalue weighted by atomic mass is 16.5. The van der Waals surface area contributed by atoms with Gasteiger partial charge in [0.2, 0.25) is 0 Å². The van der Waals surface area contributed by atoms with Gasteiger partial charge >= 0.3 is 0 Å². The lowest BCUT2D eigenvalue weighted by atomic mass is 9.90. The smallest absolute Gasteiger partial charge is 0.137 e. The third-order valence-electron chi connectivity index (χ3n) is 5.95. The zero-order valence-corrected chi connectivity index (χ0v) is 16.3. The second-order valence-corrected chi connectivity index (χ2v) is 7.59. The zero-order chi connectivity index (χ0) is 19.0.